The summed E-state index contributed by atoms with van der Waals surface area (Å²) < 4.78 is 0. The van der Waals surface area contributed by atoms with Crippen LogP contribution in [0.4, 0.5) is 0 Å². The number of nitrogens with zero attached hydrogens (tertiary/aromatic N) is 2. The van der Waals surface area contributed by atoms with Crippen LogP contribution in [0.25, 0.3) is 21.8 Å². The van der Waals surface area contributed by atoms with Gasteiger partial charge in [0, 0.05) is 22.2 Å². The summed E-state index contributed by atoms with van der Waals surface area (Å²) in [6.45, 7) is 4.02. The SMILES string of the molecule is Cc1ccc2ccc3ccc(C)nc3c2n1.Cl.[Ru+3].c1ccc2c(c1)CCC2. The van der Waals surface area contributed by atoms with Crippen LogP contribution in [-0.4, -0.2) is 9.97 Å². The van der Waals surface area contributed by atoms with E-state index in [-0.39, 0.29) is 31.9 Å². The van der Waals surface area contributed by atoms with Gasteiger partial charge in [-0.2, -0.15) is 0 Å². The predicted octanol–water partition coefficient (Wildman–Crippen LogP) is 5.99. The Labute approximate surface area is 179 Å². The molecule has 0 atom stereocenters. The molecule has 5 rings (SSSR count). The largest absolute Gasteiger partial charge is 3.00 e. The van der Waals surface area contributed by atoms with Crippen LogP contribution in [0.3, 0.4) is 0 Å². The zero-order chi connectivity index (χ0) is 17.2. The van der Waals surface area contributed by atoms with Crippen LogP contribution in [0.1, 0.15) is 28.9 Å². The van der Waals surface area contributed by atoms with Crippen molar-refractivity contribution in [3.63, 3.8) is 0 Å². The number of aromatic nitrogens is 2. The molecule has 1 aliphatic rings. The molecule has 137 valence electrons. The molecule has 1 aliphatic carbocycles. The van der Waals surface area contributed by atoms with Crippen LogP contribution in [0, 0.1) is 13.8 Å². The number of aryl methyl sites for hydroxylation is 4. The molecule has 0 bridgehead atoms. The van der Waals surface area contributed by atoms with E-state index in [1.807, 2.05) is 26.0 Å². The number of hydrogen-bond acceptors (Lipinski definition) is 2. The number of fused-ring (bicyclic) bond motifs is 4. The smallest absolute Gasteiger partial charge is 0.251 e. The van der Waals surface area contributed by atoms with Crippen molar-refractivity contribution in [3.8, 4) is 0 Å². The molecule has 0 fully saturated rings. The van der Waals surface area contributed by atoms with Crippen LogP contribution < -0.4 is 0 Å². The van der Waals surface area contributed by atoms with Crippen molar-refractivity contribution in [1.29, 1.82) is 0 Å². The Balaban J connectivity index is 0.000000205. The van der Waals surface area contributed by atoms with E-state index >= 15 is 0 Å². The summed E-state index contributed by atoms with van der Waals surface area (Å²) in [7, 11) is 0. The van der Waals surface area contributed by atoms with Gasteiger partial charge in [-0.05, 0) is 56.4 Å². The molecule has 4 aromatic rings. The fourth-order valence-corrected chi connectivity index (χ4v) is 3.48. The summed E-state index contributed by atoms with van der Waals surface area (Å²) in [5, 5.41) is 2.30. The Hall–Kier alpha value is -1.83. The van der Waals surface area contributed by atoms with Crippen molar-refractivity contribution in [2.24, 2.45) is 0 Å². The van der Waals surface area contributed by atoms with E-state index < -0.39 is 0 Å². The van der Waals surface area contributed by atoms with Gasteiger partial charge < -0.3 is 0 Å². The summed E-state index contributed by atoms with van der Waals surface area (Å²) >= 11 is 0. The third-order valence-corrected chi connectivity index (χ3v) is 4.81. The van der Waals surface area contributed by atoms with Gasteiger partial charge in [-0.3, -0.25) is 9.97 Å². The van der Waals surface area contributed by atoms with Gasteiger partial charge in [0.25, 0.3) is 0 Å². The molecule has 2 heterocycles. The van der Waals surface area contributed by atoms with Gasteiger partial charge in [0.15, 0.2) is 0 Å². The Morgan fingerprint density at radius 2 is 1.04 bits per heavy atom. The fourth-order valence-electron chi connectivity index (χ4n) is 3.48. The van der Waals surface area contributed by atoms with Gasteiger partial charge in [-0.25, -0.2) is 0 Å². The molecular weight excluding hydrogens is 441 g/mol. The van der Waals surface area contributed by atoms with E-state index in [1.165, 1.54) is 19.3 Å². The number of hydrogen-bond donors (Lipinski definition) is 0. The van der Waals surface area contributed by atoms with Crippen molar-refractivity contribution >= 4 is 34.2 Å². The van der Waals surface area contributed by atoms with Crippen LogP contribution in [0.5, 0.6) is 0 Å². The fraction of sp³-hybridized carbons (Fsp3) is 0.217. The molecule has 4 heteroatoms. The quantitative estimate of drug-likeness (QED) is 0.236. The van der Waals surface area contributed by atoms with Crippen molar-refractivity contribution in [3.05, 3.63) is 83.2 Å². The van der Waals surface area contributed by atoms with Gasteiger partial charge >= 0.3 is 19.5 Å². The third kappa shape index (κ3) is 4.72. The average Bonchev–Trinajstić information content (AvgIpc) is 3.11. The molecule has 2 nitrogen and oxygen atoms in total. The standard InChI is InChI=1S/C14H12N2.C9H10.ClH.Ru/c1-9-3-5-11-7-8-12-6-4-10(2)16-14(12)13(11)15-9;1-2-5-9-7-3-6-8(9)4-1;;/h3-8H,1-2H3;1-2,4-5H,3,6-7H2;1H;/q;;;+3. The van der Waals surface area contributed by atoms with Crippen LogP contribution in [0.2, 0.25) is 0 Å². The van der Waals surface area contributed by atoms with Crippen LogP contribution in [-0.2, 0) is 32.3 Å². The van der Waals surface area contributed by atoms with E-state index in [0.29, 0.717) is 0 Å². The molecule has 0 amide bonds. The minimum atomic E-state index is 0. The first-order valence-electron chi connectivity index (χ1n) is 8.91. The molecule has 2 aromatic heterocycles. The zero-order valence-electron chi connectivity index (χ0n) is 15.6. The Bertz CT molecular complexity index is 979. The normalized spacial score (nSPS) is 11.8. The molecule has 0 saturated heterocycles. The maximum atomic E-state index is 4.58. The first kappa shape index (κ1) is 21.5. The molecule has 0 N–H and O–H groups in total. The van der Waals surface area contributed by atoms with Gasteiger partial charge in [-0.15, -0.1) is 12.4 Å². The molecule has 0 spiro atoms. The molecular formula is C23H23ClN2Ru+3. The second kappa shape index (κ2) is 9.39. The van der Waals surface area contributed by atoms with Gasteiger partial charge in [-0.1, -0.05) is 48.5 Å². The molecule has 2 aromatic carbocycles. The molecule has 27 heavy (non-hydrogen) atoms. The summed E-state index contributed by atoms with van der Waals surface area (Å²) in [6.07, 6.45) is 3.96. The minimum absolute atomic E-state index is 0. The predicted molar refractivity (Wildman–Crippen MR) is 112 cm³/mol. The van der Waals surface area contributed by atoms with Crippen molar-refractivity contribution in [2.75, 3.05) is 0 Å². The zero-order valence-corrected chi connectivity index (χ0v) is 18.1. The Morgan fingerprint density at radius 3 is 1.48 bits per heavy atom. The third-order valence-electron chi connectivity index (χ3n) is 4.81. The van der Waals surface area contributed by atoms with Gasteiger partial charge in [0.2, 0.25) is 0 Å². The van der Waals surface area contributed by atoms with Crippen molar-refractivity contribution < 1.29 is 19.5 Å². The number of benzene rings is 2. The van der Waals surface area contributed by atoms with Crippen LogP contribution in [0.15, 0.2) is 60.7 Å². The van der Waals surface area contributed by atoms with E-state index in [1.54, 1.807) is 11.1 Å². The minimum Gasteiger partial charge on any atom is -0.251 e. The van der Waals surface area contributed by atoms with E-state index in [4.69, 9.17) is 0 Å². The number of pyridine rings is 2. The van der Waals surface area contributed by atoms with Crippen molar-refractivity contribution in [1.82, 2.24) is 9.97 Å². The molecule has 1 radical (unpaired) electrons. The maximum Gasteiger partial charge on any atom is 3.00 e. The summed E-state index contributed by atoms with van der Waals surface area (Å²) in [6, 6.07) is 21.2. The van der Waals surface area contributed by atoms with E-state index in [9.17, 15) is 0 Å². The molecule has 0 unspecified atom stereocenters. The summed E-state index contributed by atoms with van der Waals surface area (Å²) in [5.41, 5.74) is 7.20. The van der Waals surface area contributed by atoms with E-state index in [2.05, 4.69) is 58.5 Å². The summed E-state index contributed by atoms with van der Waals surface area (Å²) in [5.74, 6) is 0. The topological polar surface area (TPSA) is 25.8 Å². The Morgan fingerprint density at radius 1 is 0.630 bits per heavy atom. The second-order valence-corrected chi connectivity index (χ2v) is 6.74. The van der Waals surface area contributed by atoms with Gasteiger partial charge in [0.05, 0.1) is 11.0 Å². The monoisotopic (exact) mass is 464 g/mol. The van der Waals surface area contributed by atoms with Gasteiger partial charge in [0.1, 0.15) is 0 Å². The van der Waals surface area contributed by atoms with Crippen molar-refractivity contribution in [2.45, 2.75) is 33.1 Å². The maximum absolute atomic E-state index is 4.58. The average molecular weight is 464 g/mol. The second-order valence-electron chi connectivity index (χ2n) is 6.74. The molecule has 0 saturated carbocycles. The van der Waals surface area contributed by atoms with Crippen LogP contribution >= 0.6 is 12.4 Å². The number of halogens is 1. The van der Waals surface area contributed by atoms with E-state index in [0.717, 1.165) is 33.2 Å². The first-order chi connectivity index (χ1) is 12.2. The molecule has 0 aliphatic heterocycles. The Kier molecular flexibility index (Phi) is 7.47. The number of rotatable bonds is 0. The first-order valence-corrected chi connectivity index (χ1v) is 8.91. The summed E-state index contributed by atoms with van der Waals surface area (Å²) in [4.78, 5) is 9.16.